The van der Waals surface area contributed by atoms with Crippen LogP contribution in [0.2, 0.25) is 0 Å². The number of sulfonamides is 1. The highest BCUT2D eigenvalue weighted by Crippen LogP contribution is 2.32. The molecule has 0 aromatic carbocycles. The van der Waals surface area contributed by atoms with Crippen LogP contribution in [0, 0.1) is 5.92 Å². The Morgan fingerprint density at radius 1 is 1.53 bits per heavy atom. The molecule has 0 aliphatic heterocycles. The molecule has 0 atom stereocenters. The van der Waals surface area contributed by atoms with Crippen LogP contribution in [-0.4, -0.2) is 25.7 Å². The number of nitrogens with one attached hydrogen (secondary N) is 1. The Labute approximate surface area is 126 Å². The minimum atomic E-state index is -3.54. The summed E-state index contributed by atoms with van der Waals surface area (Å²) < 4.78 is 27.6. The van der Waals surface area contributed by atoms with E-state index in [9.17, 15) is 13.5 Å². The second-order valence-electron chi connectivity index (χ2n) is 5.29. The lowest BCUT2D eigenvalue weighted by molar-refractivity contribution is -0.00182. The molecule has 2 N–H and O–H groups in total. The normalized spacial score (nSPS) is 28.5. The van der Waals surface area contributed by atoms with Gasteiger partial charge < -0.3 is 5.11 Å². The summed E-state index contributed by atoms with van der Waals surface area (Å²) in [4.78, 5) is 0. The van der Waals surface area contributed by atoms with E-state index in [1.54, 1.807) is 11.4 Å². The van der Waals surface area contributed by atoms with E-state index in [-0.39, 0.29) is 10.8 Å². The number of hydrogen-bond acceptors (Lipinski definition) is 4. The molecule has 1 aliphatic rings. The topological polar surface area (TPSA) is 66.4 Å². The summed E-state index contributed by atoms with van der Waals surface area (Å²) in [6.07, 6.45) is 3.20. The van der Waals surface area contributed by atoms with Crippen LogP contribution in [0.1, 0.15) is 32.6 Å². The van der Waals surface area contributed by atoms with Gasteiger partial charge in [-0.2, -0.15) is 0 Å². The molecule has 7 heteroatoms. The molecular weight excluding hydrogens is 350 g/mol. The molecule has 1 aliphatic carbocycles. The van der Waals surface area contributed by atoms with Crippen LogP contribution in [0.25, 0.3) is 0 Å². The Hall–Kier alpha value is 0.0500. The highest BCUT2D eigenvalue weighted by molar-refractivity contribution is 9.10. The quantitative estimate of drug-likeness (QED) is 0.859. The highest BCUT2D eigenvalue weighted by Gasteiger charge is 2.33. The maximum absolute atomic E-state index is 12.1. The monoisotopic (exact) mass is 367 g/mol. The molecule has 1 fully saturated rings. The molecule has 1 aromatic rings. The standard InChI is InChI=1S/C12H18BrNO3S2/c1-9-2-5-12(15,6-3-9)8-14-19(16,17)11-10(13)4-7-18-11/h4,7,9,14-15H,2-3,5-6,8H2,1H3. The van der Waals surface area contributed by atoms with E-state index in [0.717, 1.165) is 24.2 Å². The van der Waals surface area contributed by atoms with Crippen molar-refractivity contribution in [2.24, 2.45) is 5.92 Å². The zero-order chi connectivity index (χ0) is 14.1. The number of thiophene rings is 1. The smallest absolute Gasteiger partial charge is 0.251 e. The second kappa shape index (κ2) is 5.81. The molecule has 4 nitrogen and oxygen atoms in total. The van der Waals surface area contributed by atoms with Gasteiger partial charge in [-0.3, -0.25) is 0 Å². The van der Waals surface area contributed by atoms with E-state index in [4.69, 9.17) is 0 Å². The first kappa shape index (κ1) is 15.4. The van der Waals surface area contributed by atoms with E-state index in [2.05, 4.69) is 27.6 Å². The SMILES string of the molecule is CC1CCC(O)(CNS(=O)(=O)c2sccc2Br)CC1. The molecule has 1 aromatic heterocycles. The van der Waals surface area contributed by atoms with Gasteiger partial charge in [-0.05, 0) is 59.0 Å². The van der Waals surface area contributed by atoms with Crippen LogP contribution in [0.5, 0.6) is 0 Å². The van der Waals surface area contributed by atoms with Gasteiger partial charge in [0.25, 0.3) is 10.0 Å². The lowest BCUT2D eigenvalue weighted by atomic mass is 9.80. The van der Waals surface area contributed by atoms with Crippen molar-refractivity contribution in [1.29, 1.82) is 0 Å². The minimum Gasteiger partial charge on any atom is -0.389 e. The highest BCUT2D eigenvalue weighted by atomic mass is 79.9. The summed E-state index contributed by atoms with van der Waals surface area (Å²) in [5.74, 6) is 0.614. The van der Waals surface area contributed by atoms with E-state index < -0.39 is 15.6 Å². The average Bonchev–Trinajstić information content (AvgIpc) is 2.79. The second-order valence-corrected chi connectivity index (χ2v) is 9.02. The Kier molecular flexibility index (Phi) is 4.72. The van der Waals surface area contributed by atoms with Crippen molar-refractivity contribution in [3.63, 3.8) is 0 Å². The Balaban J connectivity index is 2.01. The first-order valence-corrected chi connectivity index (χ1v) is 9.43. The van der Waals surface area contributed by atoms with Crippen LogP contribution in [-0.2, 0) is 10.0 Å². The summed E-state index contributed by atoms with van der Waals surface area (Å²) >= 11 is 4.38. The van der Waals surface area contributed by atoms with Gasteiger partial charge in [0.05, 0.1) is 5.60 Å². The molecule has 1 saturated carbocycles. The van der Waals surface area contributed by atoms with E-state index in [1.165, 1.54) is 0 Å². The van der Waals surface area contributed by atoms with Crippen molar-refractivity contribution in [3.05, 3.63) is 15.9 Å². The van der Waals surface area contributed by atoms with Crippen LogP contribution in [0.3, 0.4) is 0 Å². The van der Waals surface area contributed by atoms with Crippen molar-refractivity contribution in [3.8, 4) is 0 Å². The zero-order valence-corrected chi connectivity index (χ0v) is 13.9. The summed E-state index contributed by atoms with van der Waals surface area (Å²) in [6.45, 7) is 2.25. The largest absolute Gasteiger partial charge is 0.389 e. The number of halogens is 1. The molecule has 0 unspecified atom stereocenters. The van der Waals surface area contributed by atoms with Gasteiger partial charge in [0.15, 0.2) is 0 Å². The van der Waals surface area contributed by atoms with Gasteiger partial charge >= 0.3 is 0 Å². The maximum atomic E-state index is 12.1. The summed E-state index contributed by atoms with van der Waals surface area (Å²) in [5.41, 5.74) is -0.899. The first-order valence-electron chi connectivity index (χ1n) is 6.27. The molecule has 0 spiro atoms. The fourth-order valence-corrected chi connectivity index (χ4v) is 5.74. The zero-order valence-electron chi connectivity index (χ0n) is 10.7. The summed E-state index contributed by atoms with van der Waals surface area (Å²) in [5, 5.41) is 12.1. The van der Waals surface area contributed by atoms with Crippen LogP contribution in [0.4, 0.5) is 0 Å². The maximum Gasteiger partial charge on any atom is 0.251 e. The van der Waals surface area contributed by atoms with Crippen LogP contribution < -0.4 is 4.72 Å². The Bertz CT molecular complexity index is 533. The first-order chi connectivity index (χ1) is 8.82. The van der Waals surface area contributed by atoms with Gasteiger partial charge in [-0.15, -0.1) is 11.3 Å². The van der Waals surface area contributed by atoms with Crippen molar-refractivity contribution >= 4 is 37.3 Å². The summed E-state index contributed by atoms with van der Waals surface area (Å²) in [6, 6.07) is 1.70. The third kappa shape index (κ3) is 3.78. The van der Waals surface area contributed by atoms with Gasteiger partial charge in [0.2, 0.25) is 0 Å². The average molecular weight is 368 g/mol. The third-order valence-electron chi connectivity index (χ3n) is 3.62. The lowest BCUT2D eigenvalue weighted by Crippen LogP contribution is -2.45. The molecule has 2 rings (SSSR count). The number of rotatable bonds is 4. The van der Waals surface area contributed by atoms with Gasteiger partial charge in [-0.1, -0.05) is 6.92 Å². The van der Waals surface area contributed by atoms with Gasteiger partial charge in [0.1, 0.15) is 4.21 Å². The predicted octanol–water partition coefficient (Wildman–Crippen LogP) is 2.73. The Morgan fingerprint density at radius 2 is 2.16 bits per heavy atom. The molecule has 1 heterocycles. The fourth-order valence-electron chi connectivity index (χ4n) is 2.24. The van der Waals surface area contributed by atoms with Crippen molar-refractivity contribution in [2.45, 2.75) is 42.4 Å². The van der Waals surface area contributed by atoms with Crippen LogP contribution in [0.15, 0.2) is 20.1 Å². The number of hydrogen-bond donors (Lipinski definition) is 2. The fraction of sp³-hybridized carbons (Fsp3) is 0.667. The van der Waals surface area contributed by atoms with Crippen molar-refractivity contribution < 1.29 is 13.5 Å². The molecule has 0 saturated heterocycles. The lowest BCUT2D eigenvalue weighted by Gasteiger charge is -2.34. The van der Waals surface area contributed by atoms with E-state index in [1.807, 2.05) is 0 Å². The molecular formula is C12H18BrNO3S2. The predicted molar refractivity (Wildman–Crippen MR) is 79.8 cm³/mol. The van der Waals surface area contributed by atoms with E-state index in [0.29, 0.717) is 23.2 Å². The minimum absolute atomic E-state index is 0.0897. The number of aliphatic hydroxyl groups is 1. The molecule has 108 valence electrons. The van der Waals surface area contributed by atoms with Gasteiger partial charge in [-0.25, -0.2) is 13.1 Å². The van der Waals surface area contributed by atoms with Crippen molar-refractivity contribution in [1.82, 2.24) is 4.72 Å². The van der Waals surface area contributed by atoms with Crippen LogP contribution >= 0.6 is 27.3 Å². The Morgan fingerprint density at radius 3 is 2.68 bits per heavy atom. The molecule has 0 radical (unpaired) electrons. The molecule has 0 amide bonds. The third-order valence-corrected chi connectivity index (χ3v) is 7.70. The van der Waals surface area contributed by atoms with E-state index >= 15 is 0 Å². The van der Waals surface area contributed by atoms with Gasteiger partial charge in [0, 0.05) is 11.0 Å². The summed E-state index contributed by atoms with van der Waals surface area (Å²) in [7, 11) is -3.54. The molecule has 0 bridgehead atoms. The van der Waals surface area contributed by atoms with Crippen molar-refractivity contribution in [2.75, 3.05) is 6.54 Å². The molecule has 19 heavy (non-hydrogen) atoms.